The summed E-state index contributed by atoms with van der Waals surface area (Å²) in [6.45, 7) is 7.24. The van der Waals surface area contributed by atoms with Gasteiger partial charge < -0.3 is 24.6 Å². The summed E-state index contributed by atoms with van der Waals surface area (Å²) in [7, 11) is 3.20. The molecule has 8 heteroatoms. The smallest absolute Gasteiger partial charge is 0.273 e. The zero-order chi connectivity index (χ0) is 22.7. The van der Waals surface area contributed by atoms with Gasteiger partial charge in [0.1, 0.15) is 5.69 Å². The minimum absolute atomic E-state index is 0.0257. The average molecular weight is 453 g/mol. The van der Waals surface area contributed by atoms with Crippen molar-refractivity contribution in [3.05, 3.63) is 58.6 Å². The third kappa shape index (κ3) is 4.65. The van der Waals surface area contributed by atoms with E-state index >= 15 is 0 Å². The molecule has 0 unspecified atom stereocenters. The Kier molecular flexibility index (Phi) is 6.50. The Bertz CT molecular complexity index is 1110. The lowest BCUT2D eigenvalue weighted by Crippen LogP contribution is -2.49. The number of piperazine rings is 1. The van der Waals surface area contributed by atoms with Gasteiger partial charge in [-0.1, -0.05) is 12.1 Å². The summed E-state index contributed by atoms with van der Waals surface area (Å²) in [6.07, 6.45) is 0. The molecule has 32 heavy (non-hydrogen) atoms. The van der Waals surface area contributed by atoms with Gasteiger partial charge in [-0.05, 0) is 43.2 Å². The largest absolute Gasteiger partial charge is 0.493 e. The number of hydrogen-bond acceptors (Lipinski definition) is 7. The molecule has 168 valence electrons. The number of ether oxygens (including phenoxy) is 2. The maximum Gasteiger partial charge on any atom is 0.273 e. The second kappa shape index (κ2) is 9.48. The molecule has 1 aromatic heterocycles. The molecule has 1 amide bonds. The zero-order valence-corrected chi connectivity index (χ0v) is 19.7. The van der Waals surface area contributed by atoms with E-state index in [9.17, 15) is 4.79 Å². The Morgan fingerprint density at radius 2 is 1.75 bits per heavy atom. The summed E-state index contributed by atoms with van der Waals surface area (Å²) < 4.78 is 10.6. The molecule has 0 bridgehead atoms. The lowest BCUT2D eigenvalue weighted by molar-refractivity contribution is 0.0742. The monoisotopic (exact) mass is 452 g/mol. The fraction of sp³-hybridized carbons (Fsp3) is 0.333. The van der Waals surface area contributed by atoms with Crippen LogP contribution in [0, 0.1) is 13.8 Å². The molecule has 0 spiro atoms. The minimum Gasteiger partial charge on any atom is -0.493 e. The predicted octanol–water partition coefficient (Wildman–Crippen LogP) is 4.48. The molecular formula is C24H28N4O3S. The summed E-state index contributed by atoms with van der Waals surface area (Å²) in [5.41, 5.74) is 5.06. The van der Waals surface area contributed by atoms with Crippen molar-refractivity contribution in [1.29, 1.82) is 0 Å². The Hall–Kier alpha value is -3.26. The van der Waals surface area contributed by atoms with Crippen molar-refractivity contribution in [2.75, 3.05) is 50.6 Å². The Labute approximate surface area is 192 Å². The molecule has 1 saturated heterocycles. The lowest BCUT2D eigenvalue weighted by atomic mass is 10.1. The van der Waals surface area contributed by atoms with E-state index in [0.717, 1.165) is 18.8 Å². The van der Waals surface area contributed by atoms with Gasteiger partial charge in [0.2, 0.25) is 0 Å². The molecule has 2 heterocycles. The van der Waals surface area contributed by atoms with Gasteiger partial charge in [-0.2, -0.15) is 0 Å². The summed E-state index contributed by atoms with van der Waals surface area (Å²) in [6, 6.07) is 12.1. The Morgan fingerprint density at radius 3 is 2.47 bits per heavy atom. The molecule has 1 fully saturated rings. The van der Waals surface area contributed by atoms with Crippen molar-refractivity contribution in [2.24, 2.45) is 0 Å². The van der Waals surface area contributed by atoms with E-state index in [1.165, 1.54) is 28.2 Å². The molecule has 2 aromatic carbocycles. The standard InChI is InChI=1S/C24H28N4O3S/c1-16-5-6-17(2)20(13-16)27-9-11-28(12-10-27)23(29)19-15-32-24(26-19)25-18-7-8-21(30-3)22(14-18)31-4/h5-8,13-15H,9-12H2,1-4H3,(H,25,26). The lowest BCUT2D eigenvalue weighted by Gasteiger charge is -2.36. The van der Waals surface area contributed by atoms with Crippen LogP contribution >= 0.6 is 11.3 Å². The first-order valence-corrected chi connectivity index (χ1v) is 11.4. The summed E-state index contributed by atoms with van der Waals surface area (Å²) in [5.74, 6) is 1.27. The van der Waals surface area contributed by atoms with Gasteiger partial charge in [-0.15, -0.1) is 11.3 Å². The number of thiazole rings is 1. The Morgan fingerprint density at radius 1 is 1.00 bits per heavy atom. The van der Waals surface area contributed by atoms with E-state index in [0.29, 0.717) is 35.4 Å². The van der Waals surface area contributed by atoms with Crippen LogP contribution < -0.4 is 19.7 Å². The number of methoxy groups -OCH3 is 2. The maximum absolute atomic E-state index is 13.0. The average Bonchev–Trinajstić information content (AvgIpc) is 3.28. The summed E-state index contributed by atoms with van der Waals surface area (Å²) in [5, 5.41) is 5.71. The van der Waals surface area contributed by atoms with Crippen LogP contribution in [0.1, 0.15) is 21.6 Å². The third-order valence-electron chi connectivity index (χ3n) is 5.63. The molecule has 7 nitrogen and oxygen atoms in total. The quantitative estimate of drug-likeness (QED) is 0.595. The van der Waals surface area contributed by atoms with Gasteiger partial charge in [0, 0.05) is 49.0 Å². The van der Waals surface area contributed by atoms with E-state index < -0.39 is 0 Å². The fourth-order valence-corrected chi connectivity index (χ4v) is 4.54. The number of aromatic nitrogens is 1. The number of rotatable bonds is 6. The van der Waals surface area contributed by atoms with Crippen molar-refractivity contribution in [1.82, 2.24) is 9.88 Å². The van der Waals surface area contributed by atoms with Crippen LogP contribution in [0.15, 0.2) is 41.8 Å². The molecule has 3 aromatic rings. The van der Waals surface area contributed by atoms with E-state index in [2.05, 4.69) is 47.2 Å². The number of nitrogens with one attached hydrogen (secondary N) is 1. The second-order valence-corrected chi connectivity index (χ2v) is 8.66. The van der Waals surface area contributed by atoms with Gasteiger partial charge in [-0.25, -0.2) is 4.98 Å². The molecule has 0 radical (unpaired) electrons. The zero-order valence-electron chi connectivity index (χ0n) is 18.8. The van der Waals surface area contributed by atoms with Crippen LogP contribution in [0.2, 0.25) is 0 Å². The van der Waals surface area contributed by atoms with Gasteiger partial charge >= 0.3 is 0 Å². The first kappa shape index (κ1) is 22.0. The highest BCUT2D eigenvalue weighted by Gasteiger charge is 2.24. The van der Waals surface area contributed by atoms with Crippen molar-refractivity contribution >= 4 is 33.8 Å². The first-order valence-electron chi connectivity index (χ1n) is 10.5. The van der Waals surface area contributed by atoms with Crippen molar-refractivity contribution in [3.63, 3.8) is 0 Å². The number of nitrogens with zero attached hydrogens (tertiary/aromatic N) is 3. The molecule has 1 aliphatic heterocycles. The highest BCUT2D eigenvalue weighted by molar-refractivity contribution is 7.14. The van der Waals surface area contributed by atoms with Crippen molar-refractivity contribution < 1.29 is 14.3 Å². The highest BCUT2D eigenvalue weighted by Crippen LogP contribution is 2.32. The number of aryl methyl sites for hydroxylation is 2. The fourth-order valence-electron chi connectivity index (χ4n) is 3.84. The SMILES string of the molecule is COc1ccc(Nc2nc(C(=O)N3CCN(c4cc(C)ccc4C)CC3)cs2)cc1OC. The van der Waals surface area contributed by atoms with Crippen LogP contribution in [0.4, 0.5) is 16.5 Å². The highest BCUT2D eigenvalue weighted by atomic mass is 32.1. The summed E-state index contributed by atoms with van der Waals surface area (Å²) in [4.78, 5) is 21.8. The van der Waals surface area contributed by atoms with Gasteiger partial charge in [0.25, 0.3) is 5.91 Å². The number of hydrogen-bond donors (Lipinski definition) is 1. The second-order valence-electron chi connectivity index (χ2n) is 7.80. The molecule has 1 N–H and O–H groups in total. The van der Waals surface area contributed by atoms with Crippen molar-refractivity contribution in [3.8, 4) is 11.5 Å². The number of anilines is 3. The van der Waals surface area contributed by atoms with E-state index in [1.54, 1.807) is 14.2 Å². The number of amides is 1. The molecule has 0 atom stereocenters. The van der Waals surface area contributed by atoms with E-state index in [-0.39, 0.29) is 5.91 Å². The van der Waals surface area contributed by atoms with Crippen LogP contribution in [0.3, 0.4) is 0 Å². The molecular weight excluding hydrogens is 424 g/mol. The van der Waals surface area contributed by atoms with E-state index in [4.69, 9.17) is 9.47 Å². The van der Waals surface area contributed by atoms with Gasteiger partial charge in [-0.3, -0.25) is 4.79 Å². The van der Waals surface area contributed by atoms with Gasteiger partial charge in [0.15, 0.2) is 16.6 Å². The van der Waals surface area contributed by atoms with Crippen LogP contribution in [0.25, 0.3) is 0 Å². The van der Waals surface area contributed by atoms with Crippen molar-refractivity contribution in [2.45, 2.75) is 13.8 Å². The number of benzene rings is 2. The Balaban J connectivity index is 1.39. The van der Waals surface area contributed by atoms with E-state index in [1.807, 2.05) is 28.5 Å². The van der Waals surface area contributed by atoms with Crippen LogP contribution in [-0.4, -0.2) is 56.2 Å². The molecule has 0 aliphatic carbocycles. The topological polar surface area (TPSA) is 66.9 Å². The number of carbonyl (C=O) groups is 1. The minimum atomic E-state index is -0.0257. The maximum atomic E-state index is 13.0. The number of carbonyl (C=O) groups excluding carboxylic acids is 1. The van der Waals surface area contributed by atoms with Crippen LogP contribution in [-0.2, 0) is 0 Å². The molecule has 0 saturated carbocycles. The molecule has 1 aliphatic rings. The first-order chi connectivity index (χ1) is 15.5. The molecule has 4 rings (SSSR count). The third-order valence-corrected chi connectivity index (χ3v) is 6.39. The predicted molar refractivity (Wildman–Crippen MR) is 129 cm³/mol. The van der Waals surface area contributed by atoms with Gasteiger partial charge in [0.05, 0.1) is 14.2 Å². The normalized spacial score (nSPS) is 13.8. The summed E-state index contributed by atoms with van der Waals surface area (Å²) >= 11 is 1.41. The van der Waals surface area contributed by atoms with Crippen LogP contribution in [0.5, 0.6) is 11.5 Å².